The van der Waals surface area contributed by atoms with Crippen molar-refractivity contribution in [3.8, 4) is 0 Å². The van der Waals surface area contributed by atoms with Gasteiger partial charge in [0.05, 0.1) is 17.2 Å². The van der Waals surface area contributed by atoms with Crippen molar-refractivity contribution in [3.05, 3.63) is 0 Å². The summed E-state index contributed by atoms with van der Waals surface area (Å²) in [6.45, 7) is 1.39. The summed E-state index contributed by atoms with van der Waals surface area (Å²) >= 11 is 1.49. The Labute approximate surface area is 102 Å². The molecule has 0 aromatic carbocycles. The van der Waals surface area contributed by atoms with Crippen LogP contribution in [0.2, 0.25) is 0 Å². The molecule has 92 valence electrons. The van der Waals surface area contributed by atoms with Gasteiger partial charge in [0.25, 0.3) is 0 Å². The van der Waals surface area contributed by atoms with Gasteiger partial charge in [-0.1, -0.05) is 11.8 Å². The highest BCUT2D eigenvalue weighted by atomic mass is 32.2. The zero-order chi connectivity index (χ0) is 11.9. The predicted molar refractivity (Wildman–Crippen MR) is 59.8 cm³/mol. The first-order chi connectivity index (χ1) is 8.19. The monoisotopic (exact) mass is 255 g/mol. The second-order valence-electron chi connectivity index (χ2n) is 4.60. The van der Waals surface area contributed by atoms with E-state index in [2.05, 4.69) is 20.8 Å². The third-order valence-corrected chi connectivity index (χ3v) is 4.35. The lowest BCUT2D eigenvalue weighted by Gasteiger charge is -2.40. The summed E-state index contributed by atoms with van der Waals surface area (Å²) in [6, 6.07) is 0.419. The Hall–Kier alpha value is -1.15. The van der Waals surface area contributed by atoms with Crippen LogP contribution in [0.15, 0.2) is 5.16 Å². The van der Waals surface area contributed by atoms with Gasteiger partial charge in [-0.3, -0.25) is 4.79 Å². The molecule has 1 aromatic heterocycles. The predicted octanol–water partition coefficient (Wildman–Crippen LogP) is -0.0832. The summed E-state index contributed by atoms with van der Waals surface area (Å²) in [6.07, 6.45) is 2.37. The first-order valence-corrected chi connectivity index (χ1v) is 6.40. The largest absolute Gasteiger partial charge is 0.481 e. The molecule has 8 heteroatoms. The van der Waals surface area contributed by atoms with Crippen LogP contribution >= 0.6 is 11.8 Å². The van der Waals surface area contributed by atoms with Crippen LogP contribution in [0.1, 0.15) is 25.3 Å². The third kappa shape index (κ3) is 2.14. The fraction of sp³-hybridized carbons (Fsp3) is 0.778. The number of carboxylic acid groups (broad SMARTS) is 1. The van der Waals surface area contributed by atoms with E-state index in [1.54, 1.807) is 0 Å². The number of nitrogens with zero attached hydrogens (tertiary/aromatic N) is 4. The number of carbonyl (C=O) groups is 1. The van der Waals surface area contributed by atoms with Crippen molar-refractivity contribution in [2.75, 3.05) is 13.1 Å². The maximum atomic E-state index is 10.9. The summed E-state index contributed by atoms with van der Waals surface area (Å²) in [4.78, 5) is 10.9. The molecule has 2 fully saturated rings. The molecule has 3 rings (SSSR count). The van der Waals surface area contributed by atoms with Crippen LogP contribution in [0.25, 0.3) is 0 Å². The van der Waals surface area contributed by atoms with Gasteiger partial charge in [-0.25, -0.2) is 4.68 Å². The van der Waals surface area contributed by atoms with Crippen LogP contribution in [-0.2, 0) is 4.79 Å². The Morgan fingerprint density at radius 1 is 1.59 bits per heavy atom. The van der Waals surface area contributed by atoms with Crippen LogP contribution in [0.5, 0.6) is 0 Å². The Balaban J connectivity index is 1.75. The van der Waals surface area contributed by atoms with E-state index in [-0.39, 0.29) is 11.2 Å². The average molecular weight is 255 g/mol. The number of nitrogens with one attached hydrogen (secondary N) is 1. The smallest absolute Gasteiger partial charge is 0.304 e. The average Bonchev–Trinajstić information content (AvgIpc) is 2.96. The van der Waals surface area contributed by atoms with Crippen LogP contribution in [0, 0.1) is 0 Å². The molecule has 0 radical (unpaired) electrons. The molecule has 17 heavy (non-hydrogen) atoms. The molecule has 1 saturated carbocycles. The minimum absolute atomic E-state index is 0.141. The SMILES string of the molecule is O=C(O)CC1(Sc2nnnn2C2CC2)CNC1. The molecule has 2 N–H and O–H groups in total. The highest BCUT2D eigenvalue weighted by Crippen LogP contribution is 2.42. The van der Waals surface area contributed by atoms with Gasteiger partial charge < -0.3 is 10.4 Å². The number of thioether (sulfide) groups is 1. The van der Waals surface area contributed by atoms with Gasteiger partial charge in [-0.15, -0.1) is 5.10 Å². The fourth-order valence-corrected chi connectivity index (χ4v) is 3.20. The molecule has 0 unspecified atom stereocenters. The molecule has 2 aliphatic rings. The summed E-state index contributed by atoms with van der Waals surface area (Å²) in [5.74, 6) is -0.774. The molecule has 2 heterocycles. The number of aromatic nitrogens is 4. The van der Waals surface area contributed by atoms with E-state index in [4.69, 9.17) is 5.11 Å². The van der Waals surface area contributed by atoms with Gasteiger partial charge in [-0.2, -0.15) is 0 Å². The van der Waals surface area contributed by atoms with E-state index >= 15 is 0 Å². The lowest BCUT2D eigenvalue weighted by Crippen LogP contribution is -2.58. The molecule has 0 spiro atoms. The van der Waals surface area contributed by atoms with Crippen molar-refractivity contribution >= 4 is 17.7 Å². The van der Waals surface area contributed by atoms with Gasteiger partial charge in [0.1, 0.15) is 0 Å². The molecule has 0 bridgehead atoms. The molecule has 1 aliphatic heterocycles. The number of rotatable bonds is 5. The lowest BCUT2D eigenvalue weighted by atomic mass is 9.98. The number of aliphatic carboxylic acids is 1. The van der Waals surface area contributed by atoms with Crippen molar-refractivity contribution in [2.45, 2.75) is 35.2 Å². The second kappa shape index (κ2) is 3.95. The third-order valence-electron chi connectivity index (χ3n) is 3.03. The summed E-state index contributed by atoms with van der Waals surface area (Å²) in [5.41, 5.74) is 0. The summed E-state index contributed by atoms with van der Waals surface area (Å²) in [7, 11) is 0. The normalized spacial score (nSPS) is 22.1. The Morgan fingerprint density at radius 3 is 2.88 bits per heavy atom. The molecule has 1 saturated heterocycles. The van der Waals surface area contributed by atoms with Gasteiger partial charge in [-0.05, 0) is 23.3 Å². The molecule has 7 nitrogen and oxygen atoms in total. The van der Waals surface area contributed by atoms with E-state index < -0.39 is 5.97 Å². The molecule has 1 aliphatic carbocycles. The lowest BCUT2D eigenvalue weighted by molar-refractivity contribution is -0.138. The maximum absolute atomic E-state index is 10.9. The van der Waals surface area contributed by atoms with Crippen molar-refractivity contribution in [2.24, 2.45) is 0 Å². The van der Waals surface area contributed by atoms with E-state index in [0.29, 0.717) is 19.1 Å². The molecule has 0 atom stereocenters. The first kappa shape index (κ1) is 11.0. The summed E-state index contributed by atoms with van der Waals surface area (Å²) in [5, 5.41) is 24.4. The zero-order valence-corrected chi connectivity index (χ0v) is 9.98. The Morgan fingerprint density at radius 2 is 2.35 bits per heavy atom. The quantitative estimate of drug-likeness (QED) is 0.760. The number of carboxylic acids is 1. The maximum Gasteiger partial charge on any atom is 0.304 e. The first-order valence-electron chi connectivity index (χ1n) is 5.58. The van der Waals surface area contributed by atoms with Crippen molar-refractivity contribution in [3.63, 3.8) is 0 Å². The molecule has 0 amide bonds. The number of hydrogen-bond acceptors (Lipinski definition) is 6. The Bertz CT molecular complexity index is 440. The van der Waals surface area contributed by atoms with E-state index in [0.717, 1.165) is 18.0 Å². The number of hydrogen-bond donors (Lipinski definition) is 2. The van der Waals surface area contributed by atoms with Gasteiger partial charge in [0.15, 0.2) is 0 Å². The minimum Gasteiger partial charge on any atom is -0.481 e. The van der Waals surface area contributed by atoms with E-state index in [1.807, 2.05) is 4.68 Å². The second-order valence-corrected chi connectivity index (χ2v) is 6.03. The standard InChI is InChI=1S/C9H13N5O2S/c15-7(16)3-9(4-10-5-9)17-8-11-12-13-14(8)6-1-2-6/h6,10H,1-5H2,(H,15,16). The topological polar surface area (TPSA) is 92.9 Å². The van der Waals surface area contributed by atoms with Crippen molar-refractivity contribution in [1.82, 2.24) is 25.5 Å². The highest BCUT2D eigenvalue weighted by molar-refractivity contribution is 8.00. The van der Waals surface area contributed by atoms with Crippen LogP contribution < -0.4 is 5.32 Å². The summed E-state index contributed by atoms with van der Waals surface area (Å²) < 4.78 is 1.54. The van der Waals surface area contributed by atoms with Crippen LogP contribution in [-0.4, -0.2) is 49.1 Å². The van der Waals surface area contributed by atoms with Crippen molar-refractivity contribution in [1.29, 1.82) is 0 Å². The van der Waals surface area contributed by atoms with Crippen LogP contribution in [0.4, 0.5) is 0 Å². The number of tetrazole rings is 1. The van der Waals surface area contributed by atoms with Gasteiger partial charge >= 0.3 is 5.97 Å². The highest BCUT2D eigenvalue weighted by Gasteiger charge is 2.42. The minimum atomic E-state index is -0.774. The molecular weight excluding hydrogens is 242 g/mol. The Kier molecular flexibility index (Phi) is 2.55. The van der Waals surface area contributed by atoms with Gasteiger partial charge in [0, 0.05) is 13.1 Å². The van der Waals surface area contributed by atoms with E-state index in [1.165, 1.54) is 11.8 Å². The van der Waals surface area contributed by atoms with E-state index in [9.17, 15) is 4.79 Å². The molecular formula is C9H13N5O2S. The zero-order valence-electron chi connectivity index (χ0n) is 9.17. The molecule has 1 aromatic rings. The van der Waals surface area contributed by atoms with Crippen molar-refractivity contribution < 1.29 is 9.90 Å². The van der Waals surface area contributed by atoms with Crippen LogP contribution in [0.3, 0.4) is 0 Å². The fourth-order valence-electron chi connectivity index (χ4n) is 1.91. The van der Waals surface area contributed by atoms with Gasteiger partial charge in [0.2, 0.25) is 5.16 Å².